The van der Waals surface area contributed by atoms with Gasteiger partial charge in [0.15, 0.2) is 0 Å². The number of halogens is 1. The molecule has 0 heterocycles. The second-order valence-electron chi connectivity index (χ2n) is 6.53. The Morgan fingerprint density at radius 3 is 2.23 bits per heavy atom. The summed E-state index contributed by atoms with van der Waals surface area (Å²) in [5.41, 5.74) is 5.05. The van der Waals surface area contributed by atoms with E-state index >= 15 is 0 Å². The molecule has 0 amide bonds. The molecule has 0 saturated heterocycles. The van der Waals surface area contributed by atoms with Gasteiger partial charge in [0.05, 0.1) is 0 Å². The lowest BCUT2D eigenvalue weighted by molar-refractivity contribution is 1.48. The molecule has 0 aliphatic carbocycles. The van der Waals surface area contributed by atoms with Crippen molar-refractivity contribution in [1.29, 1.82) is 0 Å². The minimum absolute atomic E-state index is 1.25. The van der Waals surface area contributed by atoms with E-state index in [0.717, 1.165) is 0 Å². The largest absolute Gasteiger partial charge is 0.0991 e. The smallest absolute Gasteiger partial charge is 0.0136 e. The molecule has 0 aliphatic heterocycles. The van der Waals surface area contributed by atoms with E-state index in [0.29, 0.717) is 0 Å². The molecule has 0 saturated carbocycles. The van der Waals surface area contributed by atoms with Crippen LogP contribution >= 0.6 is 22.6 Å². The van der Waals surface area contributed by atoms with E-state index in [4.69, 9.17) is 0 Å². The summed E-state index contributed by atoms with van der Waals surface area (Å²) in [6, 6.07) is 24.4. The van der Waals surface area contributed by atoms with Crippen molar-refractivity contribution < 1.29 is 0 Å². The second kappa shape index (κ2) is 7.08. The van der Waals surface area contributed by atoms with E-state index in [2.05, 4.69) is 109 Å². The molecular formula is C25H19I. The van der Waals surface area contributed by atoms with Crippen molar-refractivity contribution in [3.8, 4) is 11.1 Å². The zero-order valence-corrected chi connectivity index (χ0v) is 16.8. The summed E-state index contributed by atoms with van der Waals surface area (Å²) in [5.74, 6) is 0. The van der Waals surface area contributed by atoms with Crippen LogP contribution in [0.4, 0.5) is 0 Å². The van der Waals surface area contributed by atoms with E-state index in [1.807, 2.05) is 12.2 Å². The van der Waals surface area contributed by atoms with Gasteiger partial charge in [-0.25, -0.2) is 0 Å². The molecule has 0 N–H and O–H groups in total. The molecule has 0 aliphatic rings. The Labute approximate surface area is 168 Å². The van der Waals surface area contributed by atoms with Gasteiger partial charge in [0.2, 0.25) is 0 Å². The predicted octanol–water partition coefficient (Wildman–Crippen LogP) is 7.77. The van der Waals surface area contributed by atoms with Gasteiger partial charge >= 0.3 is 0 Å². The van der Waals surface area contributed by atoms with E-state index in [1.54, 1.807) is 0 Å². The molecule has 0 atom stereocenters. The van der Waals surface area contributed by atoms with Crippen LogP contribution in [0.2, 0.25) is 0 Å². The number of hydrogen-bond donors (Lipinski definition) is 0. The van der Waals surface area contributed by atoms with Gasteiger partial charge in [0.1, 0.15) is 0 Å². The quantitative estimate of drug-likeness (QED) is 0.223. The number of hydrogen-bond acceptors (Lipinski definition) is 0. The lowest BCUT2D eigenvalue weighted by atomic mass is 9.95. The average Bonchev–Trinajstić information content (AvgIpc) is 2.66. The first kappa shape index (κ1) is 17.0. The number of fused-ring (bicyclic) bond motifs is 2. The Hall–Kier alpha value is -2.39. The van der Waals surface area contributed by atoms with Gasteiger partial charge in [-0.05, 0) is 97.6 Å². The summed E-state index contributed by atoms with van der Waals surface area (Å²) < 4.78 is 1.27. The van der Waals surface area contributed by atoms with Crippen LogP contribution in [-0.4, -0.2) is 0 Å². The highest BCUT2D eigenvalue weighted by atomic mass is 127. The van der Waals surface area contributed by atoms with E-state index in [-0.39, 0.29) is 0 Å². The van der Waals surface area contributed by atoms with Crippen molar-refractivity contribution in [3.63, 3.8) is 0 Å². The number of allylic oxidation sites excluding steroid dienone is 2. The van der Waals surface area contributed by atoms with E-state index in [1.165, 1.54) is 47.4 Å². The first-order valence-corrected chi connectivity index (χ1v) is 9.76. The first-order chi connectivity index (χ1) is 12.7. The molecule has 126 valence electrons. The molecule has 4 rings (SSSR count). The Balaban J connectivity index is 1.85. The van der Waals surface area contributed by atoms with Crippen LogP contribution in [0.25, 0.3) is 38.7 Å². The van der Waals surface area contributed by atoms with Crippen LogP contribution in [0.15, 0.2) is 85.5 Å². The van der Waals surface area contributed by atoms with E-state index in [9.17, 15) is 0 Å². The van der Waals surface area contributed by atoms with Crippen molar-refractivity contribution in [2.75, 3.05) is 0 Å². The highest BCUT2D eigenvalue weighted by molar-refractivity contribution is 14.1. The van der Waals surface area contributed by atoms with Crippen molar-refractivity contribution in [3.05, 3.63) is 100 Å². The fraction of sp³-hybridized carbons (Fsp3) is 0.0400. The summed E-state index contributed by atoms with van der Waals surface area (Å²) in [7, 11) is 0. The normalized spacial score (nSPS) is 11.5. The van der Waals surface area contributed by atoms with Crippen molar-refractivity contribution >= 4 is 50.2 Å². The molecule has 0 unspecified atom stereocenters. The molecule has 1 heteroatoms. The summed E-state index contributed by atoms with van der Waals surface area (Å²) in [5, 5.41) is 5.11. The molecule has 0 fully saturated rings. The monoisotopic (exact) mass is 446 g/mol. The Morgan fingerprint density at radius 1 is 0.769 bits per heavy atom. The van der Waals surface area contributed by atoms with Crippen LogP contribution in [0.5, 0.6) is 0 Å². The molecular weight excluding hydrogens is 427 g/mol. The van der Waals surface area contributed by atoms with Gasteiger partial charge in [-0.15, -0.1) is 0 Å². The van der Waals surface area contributed by atoms with Crippen molar-refractivity contribution in [2.24, 2.45) is 0 Å². The van der Waals surface area contributed by atoms with E-state index < -0.39 is 0 Å². The van der Waals surface area contributed by atoms with Crippen LogP contribution < -0.4 is 0 Å². The maximum absolute atomic E-state index is 3.78. The zero-order chi connectivity index (χ0) is 18.1. The third-order valence-electron chi connectivity index (χ3n) is 4.81. The third-order valence-corrected chi connectivity index (χ3v) is 5.49. The van der Waals surface area contributed by atoms with Crippen LogP contribution in [0, 0.1) is 10.5 Å². The second-order valence-corrected chi connectivity index (χ2v) is 7.78. The Kier molecular flexibility index (Phi) is 4.64. The highest BCUT2D eigenvalue weighted by Gasteiger charge is 2.06. The van der Waals surface area contributed by atoms with Gasteiger partial charge in [0, 0.05) is 3.57 Å². The zero-order valence-electron chi connectivity index (χ0n) is 14.7. The lowest BCUT2D eigenvalue weighted by Gasteiger charge is -2.10. The number of aryl methyl sites for hydroxylation is 1. The number of benzene rings is 4. The molecule has 0 nitrogen and oxygen atoms in total. The molecule has 0 radical (unpaired) electrons. The summed E-state index contributed by atoms with van der Waals surface area (Å²) in [4.78, 5) is 0. The molecule has 26 heavy (non-hydrogen) atoms. The minimum Gasteiger partial charge on any atom is -0.0991 e. The maximum Gasteiger partial charge on any atom is 0.0136 e. The lowest BCUT2D eigenvalue weighted by Crippen LogP contribution is -1.86. The van der Waals surface area contributed by atoms with Gasteiger partial charge in [0.25, 0.3) is 0 Å². The van der Waals surface area contributed by atoms with Gasteiger partial charge in [-0.1, -0.05) is 67.3 Å². The van der Waals surface area contributed by atoms with Gasteiger partial charge in [-0.3, -0.25) is 0 Å². The highest BCUT2D eigenvalue weighted by Crippen LogP contribution is 2.30. The van der Waals surface area contributed by atoms with Crippen molar-refractivity contribution in [1.82, 2.24) is 0 Å². The molecule has 4 aromatic rings. The predicted molar refractivity (Wildman–Crippen MR) is 124 cm³/mol. The molecule has 0 aromatic heterocycles. The summed E-state index contributed by atoms with van der Waals surface area (Å²) in [6.45, 7) is 5.94. The van der Waals surface area contributed by atoms with Gasteiger partial charge in [-0.2, -0.15) is 0 Å². The fourth-order valence-corrected chi connectivity index (χ4v) is 3.94. The molecule has 4 aromatic carbocycles. The molecule has 0 bridgehead atoms. The molecule has 0 spiro atoms. The Bertz CT molecular complexity index is 1170. The SMILES string of the molecule is C=C/C=C\c1c(C)ccc2cc(-c3ccc4cc(I)ccc4c3)ccc12. The number of rotatable bonds is 3. The fourth-order valence-electron chi connectivity index (χ4n) is 3.42. The van der Waals surface area contributed by atoms with Crippen LogP contribution in [0.3, 0.4) is 0 Å². The van der Waals surface area contributed by atoms with Gasteiger partial charge < -0.3 is 0 Å². The summed E-state index contributed by atoms with van der Waals surface area (Å²) >= 11 is 2.36. The first-order valence-electron chi connectivity index (χ1n) is 8.68. The van der Waals surface area contributed by atoms with Crippen LogP contribution in [-0.2, 0) is 0 Å². The topological polar surface area (TPSA) is 0 Å². The van der Waals surface area contributed by atoms with Crippen molar-refractivity contribution in [2.45, 2.75) is 6.92 Å². The Morgan fingerprint density at radius 2 is 1.42 bits per heavy atom. The minimum atomic E-state index is 1.25. The average molecular weight is 446 g/mol. The third kappa shape index (κ3) is 3.19. The maximum atomic E-state index is 3.78. The standard InChI is InChI=1S/C25H19I/c1-3-4-5-24-17(2)6-7-22-15-20(11-13-25(22)24)18-8-9-21-16-23(26)12-10-19(21)14-18/h3-16H,1H2,2H3/b5-4-. The van der Waals surface area contributed by atoms with Crippen LogP contribution in [0.1, 0.15) is 11.1 Å². The summed E-state index contributed by atoms with van der Waals surface area (Å²) in [6.07, 6.45) is 5.96.